The van der Waals surface area contributed by atoms with Crippen molar-refractivity contribution >= 4 is 28.5 Å². The zero-order valence-corrected chi connectivity index (χ0v) is 21.0. The monoisotopic (exact) mass is 482 g/mol. The minimum atomic E-state index is -0.770. The van der Waals surface area contributed by atoms with E-state index in [4.69, 9.17) is 5.11 Å². The number of fused-ring (bicyclic) bond motifs is 1. The van der Waals surface area contributed by atoms with Crippen LogP contribution >= 0.6 is 0 Å². The highest BCUT2D eigenvalue weighted by Gasteiger charge is 2.39. The van der Waals surface area contributed by atoms with E-state index in [0.29, 0.717) is 39.0 Å². The summed E-state index contributed by atoms with van der Waals surface area (Å²) in [4.78, 5) is 40.9. The van der Waals surface area contributed by atoms with Crippen molar-refractivity contribution in [2.24, 2.45) is 5.41 Å². The maximum absolute atomic E-state index is 13.3. The van der Waals surface area contributed by atoms with E-state index in [1.54, 1.807) is 4.90 Å². The second-order valence-electron chi connectivity index (χ2n) is 10.1. The van der Waals surface area contributed by atoms with E-state index >= 15 is 0 Å². The molecule has 0 spiro atoms. The third-order valence-electron chi connectivity index (χ3n) is 6.23. The minimum Gasteiger partial charge on any atom is -0.395 e. The molecule has 0 aromatic heterocycles. The van der Waals surface area contributed by atoms with Gasteiger partial charge in [0.1, 0.15) is 12.1 Å². The van der Waals surface area contributed by atoms with Crippen LogP contribution in [0.25, 0.3) is 10.8 Å². The molecule has 8 heteroatoms. The molecule has 1 unspecified atom stereocenters. The van der Waals surface area contributed by atoms with Crippen LogP contribution in [0.4, 0.5) is 0 Å². The molecule has 0 bridgehead atoms. The largest absolute Gasteiger partial charge is 0.395 e. The van der Waals surface area contributed by atoms with Crippen LogP contribution < -0.4 is 16.0 Å². The van der Waals surface area contributed by atoms with Gasteiger partial charge in [0.2, 0.25) is 17.7 Å². The number of rotatable bonds is 10. The number of aliphatic hydroxyl groups is 1. The zero-order chi connectivity index (χ0) is 25.4. The Morgan fingerprint density at radius 2 is 1.80 bits per heavy atom. The summed E-state index contributed by atoms with van der Waals surface area (Å²) in [6.07, 6.45) is 1.69. The van der Waals surface area contributed by atoms with Gasteiger partial charge in [-0.1, -0.05) is 63.2 Å². The van der Waals surface area contributed by atoms with E-state index in [-0.39, 0.29) is 24.3 Å². The molecule has 3 rings (SSSR count). The Morgan fingerprint density at radius 3 is 2.51 bits per heavy atom. The highest BCUT2D eigenvalue weighted by molar-refractivity contribution is 5.93. The Bertz CT molecular complexity index is 1030. The summed E-state index contributed by atoms with van der Waals surface area (Å²) in [6.45, 7) is 7.47. The normalized spacial score (nSPS) is 16.8. The topological polar surface area (TPSA) is 111 Å². The molecule has 1 fully saturated rings. The van der Waals surface area contributed by atoms with E-state index in [9.17, 15) is 14.4 Å². The van der Waals surface area contributed by atoms with Crippen molar-refractivity contribution < 1.29 is 19.5 Å². The molecule has 35 heavy (non-hydrogen) atoms. The molecule has 2 atom stereocenters. The predicted octanol–water partition coefficient (Wildman–Crippen LogP) is 1.60. The second kappa shape index (κ2) is 12.1. The van der Waals surface area contributed by atoms with E-state index < -0.39 is 17.5 Å². The van der Waals surface area contributed by atoms with Crippen molar-refractivity contribution in [3.05, 3.63) is 48.0 Å². The Balaban J connectivity index is 1.74. The molecule has 1 saturated heterocycles. The number of carbonyl (C=O) groups excluding carboxylic acids is 3. The fourth-order valence-corrected chi connectivity index (χ4v) is 4.39. The van der Waals surface area contributed by atoms with Gasteiger partial charge in [-0.3, -0.25) is 14.4 Å². The SMILES string of the molecule is CC(C)(C)C(=O)N1CCCC1C(=O)N[C@H](Cc1ccc2ccccc2c1)C(=O)NCCNCCO. The van der Waals surface area contributed by atoms with Crippen molar-refractivity contribution in [2.75, 3.05) is 32.8 Å². The van der Waals surface area contributed by atoms with Crippen LogP contribution in [0.2, 0.25) is 0 Å². The first-order valence-corrected chi connectivity index (χ1v) is 12.4. The summed E-state index contributed by atoms with van der Waals surface area (Å²) in [5.41, 5.74) is 0.364. The lowest BCUT2D eigenvalue weighted by Gasteiger charge is -2.31. The van der Waals surface area contributed by atoms with Crippen LogP contribution in [0.3, 0.4) is 0 Å². The Morgan fingerprint density at radius 1 is 1.06 bits per heavy atom. The van der Waals surface area contributed by atoms with Crippen molar-refractivity contribution in [3.8, 4) is 0 Å². The molecule has 2 aromatic rings. The van der Waals surface area contributed by atoms with Gasteiger partial charge in [0, 0.05) is 38.0 Å². The van der Waals surface area contributed by atoms with Gasteiger partial charge < -0.3 is 26.0 Å². The molecule has 1 heterocycles. The summed E-state index contributed by atoms with van der Waals surface area (Å²) < 4.78 is 0. The molecule has 1 aliphatic heterocycles. The van der Waals surface area contributed by atoms with Crippen LogP contribution in [0.1, 0.15) is 39.2 Å². The fraction of sp³-hybridized carbons (Fsp3) is 0.519. The van der Waals surface area contributed by atoms with Crippen molar-refractivity contribution in [3.63, 3.8) is 0 Å². The van der Waals surface area contributed by atoms with Crippen molar-refractivity contribution in [1.29, 1.82) is 0 Å². The first-order chi connectivity index (χ1) is 16.7. The van der Waals surface area contributed by atoms with Crippen molar-refractivity contribution in [2.45, 2.75) is 52.1 Å². The van der Waals surface area contributed by atoms with Crippen LogP contribution in [-0.2, 0) is 20.8 Å². The Kier molecular flexibility index (Phi) is 9.23. The lowest BCUT2D eigenvalue weighted by molar-refractivity contribution is -0.145. The van der Waals surface area contributed by atoms with Crippen molar-refractivity contribution in [1.82, 2.24) is 20.9 Å². The van der Waals surface area contributed by atoms with E-state index in [1.807, 2.05) is 63.2 Å². The fourth-order valence-electron chi connectivity index (χ4n) is 4.39. The number of carbonyl (C=O) groups is 3. The van der Waals surface area contributed by atoms with E-state index in [2.05, 4.69) is 16.0 Å². The molecule has 0 saturated carbocycles. The number of aliphatic hydroxyl groups excluding tert-OH is 1. The van der Waals surface area contributed by atoms with Gasteiger partial charge in [-0.05, 0) is 29.2 Å². The van der Waals surface area contributed by atoms with Gasteiger partial charge in [0.15, 0.2) is 0 Å². The number of hydrogen-bond donors (Lipinski definition) is 4. The van der Waals surface area contributed by atoms with Gasteiger partial charge in [0.05, 0.1) is 6.61 Å². The van der Waals surface area contributed by atoms with Gasteiger partial charge in [-0.15, -0.1) is 0 Å². The van der Waals surface area contributed by atoms with Crippen LogP contribution in [0.5, 0.6) is 0 Å². The third-order valence-corrected chi connectivity index (χ3v) is 6.23. The Hall–Kier alpha value is -2.97. The van der Waals surface area contributed by atoms with Gasteiger partial charge in [0.25, 0.3) is 0 Å². The third kappa shape index (κ3) is 7.26. The van der Waals surface area contributed by atoms with E-state index in [1.165, 1.54) is 0 Å². The second-order valence-corrected chi connectivity index (χ2v) is 10.1. The minimum absolute atomic E-state index is 0.0275. The van der Waals surface area contributed by atoms with E-state index in [0.717, 1.165) is 22.8 Å². The maximum atomic E-state index is 13.3. The number of likely N-dealkylation sites (tertiary alicyclic amines) is 1. The highest BCUT2D eigenvalue weighted by atomic mass is 16.3. The van der Waals surface area contributed by atoms with Gasteiger partial charge in [-0.2, -0.15) is 0 Å². The zero-order valence-electron chi connectivity index (χ0n) is 21.0. The average Bonchev–Trinajstić information content (AvgIpc) is 3.32. The summed E-state index contributed by atoms with van der Waals surface area (Å²) >= 11 is 0. The van der Waals surface area contributed by atoms with Crippen LogP contribution in [-0.4, -0.2) is 72.6 Å². The number of benzene rings is 2. The first kappa shape index (κ1) is 26.6. The molecule has 190 valence electrons. The number of nitrogens with zero attached hydrogens (tertiary/aromatic N) is 1. The molecule has 0 aliphatic carbocycles. The average molecular weight is 483 g/mol. The summed E-state index contributed by atoms with van der Waals surface area (Å²) in [6, 6.07) is 12.7. The molecular weight excluding hydrogens is 444 g/mol. The standard InChI is InChI=1S/C27H38N4O4/c1-27(2,3)26(35)31-15-6-9-23(31)25(34)30-22(24(33)29-13-12-28-14-16-32)18-19-10-11-20-7-4-5-8-21(20)17-19/h4-5,7-8,10-11,17,22-23,28,32H,6,9,12-16,18H2,1-3H3,(H,29,33)(H,30,34)/t22-,23?/m1/s1. The van der Waals surface area contributed by atoms with Gasteiger partial charge >= 0.3 is 0 Å². The van der Waals surface area contributed by atoms with Crippen LogP contribution in [0, 0.1) is 5.41 Å². The first-order valence-electron chi connectivity index (χ1n) is 12.4. The summed E-state index contributed by atoms with van der Waals surface area (Å²) in [5, 5.41) is 19.9. The molecule has 2 aromatic carbocycles. The number of nitrogens with one attached hydrogen (secondary N) is 3. The lowest BCUT2D eigenvalue weighted by Crippen LogP contribution is -2.55. The highest BCUT2D eigenvalue weighted by Crippen LogP contribution is 2.26. The smallest absolute Gasteiger partial charge is 0.243 e. The molecule has 1 aliphatic rings. The number of hydrogen-bond acceptors (Lipinski definition) is 5. The quantitative estimate of drug-likeness (QED) is 0.385. The predicted molar refractivity (Wildman–Crippen MR) is 137 cm³/mol. The molecule has 0 radical (unpaired) electrons. The Labute approximate surface area is 207 Å². The van der Waals surface area contributed by atoms with Crippen LogP contribution in [0.15, 0.2) is 42.5 Å². The maximum Gasteiger partial charge on any atom is 0.243 e. The summed E-state index contributed by atoms with van der Waals surface area (Å²) in [5.74, 6) is -0.621. The molecule has 4 N–H and O–H groups in total. The molecule has 8 nitrogen and oxygen atoms in total. The summed E-state index contributed by atoms with van der Waals surface area (Å²) in [7, 11) is 0. The van der Waals surface area contributed by atoms with Gasteiger partial charge in [-0.25, -0.2) is 0 Å². The lowest BCUT2D eigenvalue weighted by atomic mass is 9.94. The number of amides is 3. The molecule has 3 amide bonds. The molecular formula is C27H38N4O4.